The first-order chi connectivity index (χ1) is 9.64. The van der Waals surface area contributed by atoms with Crippen molar-refractivity contribution in [1.29, 1.82) is 0 Å². The van der Waals surface area contributed by atoms with Gasteiger partial charge in [-0.15, -0.1) is 0 Å². The SMILES string of the molecule is CC1=Nc2ccc(S(=O)(=O)NCCN(C)C)cc2C1(C)C. The fraction of sp³-hybridized carbons (Fsp3) is 0.533. The van der Waals surface area contributed by atoms with Crippen LogP contribution in [0.15, 0.2) is 28.1 Å². The van der Waals surface area contributed by atoms with Crippen LogP contribution in [0.25, 0.3) is 0 Å². The number of fused-ring (bicyclic) bond motifs is 1. The average Bonchev–Trinajstić information content (AvgIpc) is 2.59. The summed E-state index contributed by atoms with van der Waals surface area (Å²) in [6, 6.07) is 5.15. The zero-order valence-corrected chi connectivity index (χ0v) is 14.1. The third kappa shape index (κ3) is 3.17. The van der Waals surface area contributed by atoms with Crippen molar-refractivity contribution in [2.45, 2.75) is 31.1 Å². The van der Waals surface area contributed by atoms with Crippen molar-refractivity contribution in [3.63, 3.8) is 0 Å². The summed E-state index contributed by atoms with van der Waals surface area (Å²) in [6.45, 7) is 7.16. The normalized spacial score (nSPS) is 17.0. The van der Waals surface area contributed by atoms with Crippen molar-refractivity contribution < 1.29 is 8.42 Å². The fourth-order valence-electron chi connectivity index (χ4n) is 2.28. The molecule has 0 radical (unpaired) electrons. The van der Waals surface area contributed by atoms with E-state index in [0.29, 0.717) is 18.0 Å². The first-order valence-corrected chi connectivity index (χ1v) is 8.47. The lowest BCUT2D eigenvalue weighted by Crippen LogP contribution is -2.31. The molecule has 21 heavy (non-hydrogen) atoms. The van der Waals surface area contributed by atoms with Crippen molar-refractivity contribution in [1.82, 2.24) is 9.62 Å². The summed E-state index contributed by atoms with van der Waals surface area (Å²) in [7, 11) is 0.345. The predicted molar refractivity (Wildman–Crippen MR) is 86.0 cm³/mol. The lowest BCUT2D eigenvalue weighted by atomic mass is 9.82. The van der Waals surface area contributed by atoms with Crippen molar-refractivity contribution in [2.75, 3.05) is 27.2 Å². The second-order valence-corrected chi connectivity index (χ2v) is 7.97. The maximum Gasteiger partial charge on any atom is 0.240 e. The lowest BCUT2D eigenvalue weighted by molar-refractivity contribution is 0.412. The highest BCUT2D eigenvalue weighted by molar-refractivity contribution is 7.89. The Morgan fingerprint density at radius 1 is 1.29 bits per heavy atom. The third-order valence-corrected chi connectivity index (χ3v) is 5.45. The molecule has 1 heterocycles. The van der Waals surface area contributed by atoms with E-state index in [1.54, 1.807) is 18.2 Å². The Hall–Kier alpha value is -1.24. The standard InChI is InChI=1S/C15H23N3O2S/c1-11-15(2,3)13-10-12(6-7-14(13)17-11)21(19,20)16-8-9-18(4)5/h6-7,10,16H,8-9H2,1-5H3. The van der Waals surface area contributed by atoms with Crippen molar-refractivity contribution in [2.24, 2.45) is 4.99 Å². The van der Waals surface area contributed by atoms with Gasteiger partial charge in [-0.1, -0.05) is 13.8 Å². The van der Waals surface area contributed by atoms with E-state index in [1.807, 2.05) is 25.9 Å². The van der Waals surface area contributed by atoms with Gasteiger partial charge in [0.1, 0.15) is 0 Å². The zero-order chi connectivity index (χ0) is 15.8. The molecule has 1 aliphatic heterocycles. The van der Waals surface area contributed by atoms with Crippen LogP contribution in [0, 0.1) is 0 Å². The van der Waals surface area contributed by atoms with Crippen LogP contribution in [0.3, 0.4) is 0 Å². The Labute approximate surface area is 127 Å². The maximum absolute atomic E-state index is 12.3. The van der Waals surface area contributed by atoms with Gasteiger partial charge < -0.3 is 4.90 Å². The van der Waals surface area contributed by atoms with E-state index >= 15 is 0 Å². The first kappa shape index (κ1) is 16.1. The predicted octanol–water partition coefficient (Wildman–Crippen LogP) is 1.91. The van der Waals surface area contributed by atoms with E-state index < -0.39 is 10.0 Å². The molecule has 0 spiro atoms. The van der Waals surface area contributed by atoms with Crippen LogP contribution >= 0.6 is 0 Å². The number of benzene rings is 1. The van der Waals surface area contributed by atoms with Gasteiger partial charge in [0.15, 0.2) is 0 Å². The molecule has 0 saturated carbocycles. The van der Waals surface area contributed by atoms with Gasteiger partial charge in [0.25, 0.3) is 0 Å². The minimum Gasteiger partial charge on any atom is -0.308 e. The summed E-state index contributed by atoms with van der Waals surface area (Å²) in [5.41, 5.74) is 2.62. The highest BCUT2D eigenvalue weighted by Crippen LogP contribution is 2.40. The number of sulfonamides is 1. The molecule has 1 aromatic rings. The van der Waals surface area contributed by atoms with Crippen LogP contribution in [-0.2, 0) is 15.4 Å². The molecule has 1 aromatic carbocycles. The molecule has 0 atom stereocenters. The quantitative estimate of drug-likeness (QED) is 0.904. The van der Waals surface area contributed by atoms with Gasteiger partial charge in [0.2, 0.25) is 10.0 Å². The molecular weight excluding hydrogens is 286 g/mol. The van der Waals surface area contributed by atoms with Gasteiger partial charge in [-0.05, 0) is 44.8 Å². The van der Waals surface area contributed by atoms with E-state index in [-0.39, 0.29) is 5.41 Å². The van der Waals surface area contributed by atoms with Crippen LogP contribution in [-0.4, -0.2) is 46.2 Å². The molecule has 5 nitrogen and oxygen atoms in total. The lowest BCUT2D eigenvalue weighted by Gasteiger charge is -2.20. The maximum atomic E-state index is 12.3. The second kappa shape index (κ2) is 5.51. The topological polar surface area (TPSA) is 61.8 Å². The molecule has 1 N–H and O–H groups in total. The van der Waals surface area contributed by atoms with Crippen LogP contribution in [0.5, 0.6) is 0 Å². The van der Waals surface area contributed by atoms with Crippen molar-refractivity contribution in [3.8, 4) is 0 Å². The van der Waals surface area contributed by atoms with Gasteiger partial charge >= 0.3 is 0 Å². The number of aliphatic imine (C=N–C) groups is 1. The number of hydrogen-bond donors (Lipinski definition) is 1. The fourth-order valence-corrected chi connectivity index (χ4v) is 3.33. The van der Waals surface area contributed by atoms with Gasteiger partial charge in [-0.2, -0.15) is 0 Å². The third-order valence-electron chi connectivity index (χ3n) is 4.00. The summed E-state index contributed by atoms with van der Waals surface area (Å²) in [5, 5.41) is 0. The van der Waals surface area contributed by atoms with Gasteiger partial charge in [0, 0.05) is 24.2 Å². The molecule has 0 bridgehead atoms. The minimum absolute atomic E-state index is 0.218. The molecule has 116 valence electrons. The molecule has 0 unspecified atom stereocenters. The second-order valence-electron chi connectivity index (χ2n) is 6.20. The Kier molecular flexibility index (Phi) is 4.24. The number of rotatable bonds is 5. The van der Waals surface area contributed by atoms with Crippen molar-refractivity contribution >= 4 is 21.4 Å². The smallest absolute Gasteiger partial charge is 0.240 e. The molecule has 0 aromatic heterocycles. The number of likely N-dealkylation sites (N-methyl/N-ethyl adjacent to an activating group) is 1. The summed E-state index contributed by atoms with van der Waals surface area (Å²) >= 11 is 0. The molecule has 0 fully saturated rings. The van der Waals surface area contributed by atoms with E-state index in [9.17, 15) is 8.42 Å². The summed E-state index contributed by atoms with van der Waals surface area (Å²) < 4.78 is 27.3. The average molecular weight is 309 g/mol. The molecule has 1 aliphatic rings. The van der Waals surface area contributed by atoms with Gasteiger partial charge in [-0.25, -0.2) is 13.1 Å². The Morgan fingerprint density at radius 2 is 1.95 bits per heavy atom. The Morgan fingerprint density at radius 3 is 2.57 bits per heavy atom. The van der Waals surface area contributed by atoms with Crippen LogP contribution in [0.2, 0.25) is 0 Å². The monoisotopic (exact) mass is 309 g/mol. The van der Waals surface area contributed by atoms with E-state index in [2.05, 4.69) is 23.6 Å². The molecule has 0 aliphatic carbocycles. The van der Waals surface area contributed by atoms with Crippen molar-refractivity contribution in [3.05, 3.63) is 23.8 Å². The molecule has 0 amide bonds. The molecular formula is C15H23N3O2S. The number of nitrogens with one attached hydrogen (secondary N) is 1. The Balaban J connectivity index is 2.26. The van der Waals surface area contributed by atoms with E-state index in [1.165, 1.54) is 0 Å². The van der Waals surface area contributed by atoms with E-state index in [0.717, 1.165) is 17.0 Å². The van der Waals surface area contributed by atoms with E-state index in [4.69, 9.17) is 0 Å². The minimum atomic E-state index is -3.47. The Bertz CT molecular complexity index is 676. The van der Waals surface area contributed by atoms with Gasteiger partial charge in [0.05, 0.1) is 10.6 Å². The summed E-state index contributed by atoms with van der Waals surface area (Å²) in [5.74, 6) is 0. The van der Waals surface area contributed by atoms with Crippen LogP contribution in [0.1, 0.15) is 26.3 Å². The number of nitrogens with zero attached hydrogens (tertiary/aromatic N) is 2. The van der Waals surface area contributed by atoms with Crippen LogP contribution in [0.4, 0.5) is 5.69 Å². The largest absolute Gasteiger partial charge is 0.308 e. The zero-order valence-electron chi connectivity index (χ0n) is 13.3. The van der Waals surface area contributed by atoms with Gasteiger partial charge in [-0.3, -0.25) is 4.99 Å². The molecule has 6 heteroatoms. The summed E-state index contributed by atoms with van der Waals surface area (Å²) in [4.78, 5) is 6.75. The molecule has 2 rings (SSSR count). The first-order valence-electron chi connectivity index (χ1n) is 6.99. The highest BCUT2D eigenvalue weighted by Gasteiger charge is 2.33. The molecule has 0 saturated heterocycles. The highest BCUT2D eigenvalue weighted by atomic mass is 32.2. The number of hydrogen-bond acceptors (Lipinski definition) is 4. The van der Waals surface area contributed by atoms with Crippen LogP contribution < -0.4 is 4.72 Å². The summed E-state index contributed by atoms with van der Waals surface area (Å²) in [6.07, 6.45) is 0.